The summed E-state index contributed by atoms with van der Waals surface area (Å²) in [5.74, 6) is 0.584. The SMILES string of the molecule is COc1ccccc1C(O)CNC(=O)OC(C)(C)C. The summed E-state index contributed by atoms with van der Waals surface area (Å²) in [5.41, 5.74) is 0.0699. The zero-order valence-corrected chi connectivity index (χ0v) is 11.8. The summed E-state index contributed by atoms with van der Waals surface area (Å²) in [4.78, 5) is 11.5. The van der Waals surface area contributed by atoms with Crippen molar-refractivity contribution in [2.45, 2.75) is 32.5 Å². The third-order valence-electron chi connectivity index (χ3n) is 2.34. The summed E-state index contributed by atoms with van der Waals surface area (Å²) in [7, 11) is 1.53. The van der Waals surface area contributed by atoms with Crippen LogP contribution in [0, 0.1) is 0 Å². The number of benzene rings is 1. The van der Waals surface area contributed by atoms with E-state index < -0.39 is 17.8 Å². The Morgan fingerprint density at radius 1 is 1.37 bits per heavy atom. The van der Waals surface area contributed by atoms with E-state index in [1.54, 1.807) is 39.0 Å². The maximum atomic E-state index is 11.5. The normalized spacial score (nSPS) is 12.7. The zero-order chi connectivity index (χ0) is 14.5. The van der Waals surface area contributed by atoms with Gasteiger partial charge in [0.1, 0.15) is 11.4 Å². The Morgan fingerprint density at radius 2 is 2.00 bits per heavy atom. The van der Waals surface area contributed by atoms with Crippen LogP contribution in [0.2, 0.25) is 0 Å². The molecule has 5 heteroatoms. The van der Waals surface area contributed by atoms with Crippen LogP contribution >= 0.6 is 0 Å². The first kappa shape index (κ1) is 15.3. The largest absolute Gasteiger partial charge is 0.496 e. The maximum Gasteiger partial charge on any atom is 0.407 e. The van der Waals surface area contributed by atoms with Gasteiger partial charge in [-0.15, -0.1) is 0 Å². The molecule has 1 rings (SSSR count). The van der Waals surface area contributed by atoms with Crippen LogP contribution in [0.25, 0.3) is 0 Å². The molecule has 2 N–H and O–H groups in total. The number of ether oxygens (including phenoxy) is 2. The van der Waals surface area contributed by atoms with Gasteiger partial charge in [-0.3, -0.25) is 0 Å². The van der Waals surface area contributed by atoms with Gasteiger partial charge in [0.15, 0.2) is 0 Å². The number of para-hydroxylation sites is 1. The van der Waals surface area contributed by atoms with E-state index in [0.717, 1.165) is 0 Å². The molecule has 0 heterocycles. The molecule has 1 aromatic rings. The monoisotopic (exact) mass is 267 g/mol. The fourth-order valence-electron chi connectivity index (χ4n) is 1.55. The predicted molar refractivity (Wildman–Crippen MR) is 72.2 cm³/mol. The molecule has 19 heavy (non-hydrogen) atoms. The van der Waals surface area contributed by atoms with Gasteiger partial charge < -0.3 is 19.9 Å². The van der Waals surface area contributed by atoms with E-state index in [-0.39, 0.29) is 6.54 Å². The van der Waals surface area contributed by atoms with Gasteiger partial charge in [-0.2, -0.15) is 0 Å². The van der Waals surface area contributed by atoms with Crippen LogP contribution in [-0.4, -0.2) is 30.5 Å². The van der Waals surface area contributed by atoms with E-state index in [1.165, 1.54) is 7.11 Å². The molecule has 0 fully saturated rings. The minimum absolute atomic E-state index is 0.0648. The highest BCUT2D eigenvalue weighted by molar-refractivity contribution is 5.67. The second-order valence-corrected chi connectivity index (χ2v) is 5.14. The standard InChI is InChI=1S/C14H21NO4/c1-14(2,3)19-13(17)15-9-11(16)10-7-5-6-8-12(10)18-4/h5-8,11,16H,9H2,1-4H3,(H,15,17). The molecule has 106 valence electrons. The topological polar surface area (TPSA) is 67.8 Å². The van der Waals surface area contributed by atoms with Crippen molar-refractivity contribution in [2.24, 2.45) is 0 Å². The number of hydrogen-bond donors (Lipinski definition) is 2. The van der Waals surface area contributed by atoms with Crippen LogP contribution in [0.1, 0.15) is 32.4 Å². The zero-order valence-electron chi connectivity index (χ0n) is 11.8. The van der Waals surface area contributed by atoms with Crippen molar-refractivity contribution in [1.29, 1.82) is 0 Å². The number of hydrogen-bond acceptors (Lipinski definition) is 4. The van der Waals surface area contributed by atoms with Crippen LogP contribution in [0.15, 0.2) is 24.3 Å². The van der Waals surface area contributed by atoms with Crippen LogP contribution in [0.3, 0.4) is 0 Å². The molecular weight excluding hydrogens is 246 g/mol. The fourth-order valence-corrected chi connectivity index (χ4v) is 1.55. The van der Waals surface area contributed by atoms with Crippen molar-refractivity contribution in [2.75, 3.05) is 13.7 Å². The summed E-state index contributed by atoms with van der Waals surface area (Å²) >= 11 is 0. The van der Waals surface area contributed by atoms with Crippen molar-refractivity contribution in [3.05, 3.63) is 29.8 Å². The first-order valence-corrected chi connectivity index (χ1v) is 6.11. The van der Waals surface area contributed by atoms with Crippen LogP contribution in [0.4, 0.5) is 4.79 Å². The van der Waals surface area contributed by atoms with E-state index >= 15 is 0 Å². The molecule has 0 aromatic heterocycles. The van der Waals surface area contributed by atoms with Crippen molar-refractivity contribution >= 4 is 6.09 Å². The average Bonchev–Trinajstić information content (AvgIpc) is 2.33. The first-order chi connectivity index (χ1) is 8.83. The number of alkyl carbamates (subject to hydrolysis) is 1. The molecule has 0 aliphatic heterocycles. The van der Waals surface area contributed by atoms with E-state index in [2.05, 4.69) is 5.32 Å². The minimum atomic E-state index is -0.844. The molecule has 0 saturated carbocycles. The Morgan fingerprint density at radius 3 is 2.58 bits per heavy atom. The lowest BCUT2D eigenvalue weighted by Crippen LogP contribution is -2.34. The maximum absolute atomic E-state index is 11.5. The number of amides is 1. The number of nitrogens with one attached hydrogen (secondary N) is 1. The third-order valence-corrected chi connectivity index (χ3v) is 2.34. The average molecular weight is 267 g/mol. The van der Waals surface area contributed by atoms with E-state index in [0.29, 0.717) is 11.3 Å². The molecule has 1 amide bonds. The van der Waals surface area contributed by atoms with E-state index in [1.807, 2.05) is 6.07 Å². The lowest BCUT2D eigenvalue weighted by Gasteiger charge is -2.21. The summed E-state index contributed by atoms with van der Waals surface area (Å²) in [5, 5.41) is 12.6. The van der Waals surface area contributed by atoms with Gasteiger partial charge in [-0.25, -0.2) is 4.79 Å². The summed E-state index contributed by atoms with van der Waals surface area (Å²) < 4.78 is 10.2. The van der Waals surface area contributed by atoms with Gasteiger partial charge in [-0.1, -0.05) is 18.2 Å². The van der Waals surface area contributed by atoms with E-state index in [9.17, 15) is 9.90 Å². The molecule has 0 saturated heterocycles. The number of aliphatic hydroxyl groups is 1. The Hall–Kier alpha value is -1.75. The van der Waals surface area contributed by atoms with E-state index in [4.69, 9.17) is 9.47 Å². The highest BCUT2D eigenvalue weighted by atomic mass is 16.6. The number of methoxy groups -OCH3 is 1. The molecular formula is C14H21NO4. The molecule has 5 nitrogen and oxygen atoms in total. The molecule has 0 aliphatic carbocycles. The number of carbonyl (C=O) groups is 1. The highest BCUT2D eigenvalue weighted by Gasteiger charge is 2.18. The van der Waals surface area contributed by atoms with Crippen molar-refractivity contribution in [3.63, 3.8) is 0 Å². The quantitative estimate of drug-likeness (QED) is 0.878. The lowest BCUT2D eigenvalue weighted by atomic mass is 10.1. The van der Waals surface area contributed by atoms with Gasteiger partial charge in [-0.05, 0) is 26.8 Å². The lowest BCUT2D eigenvalue weighted by molar-refractivity contribution is 0.0490. The molecule has 1 aromatic carbocycles. The molecule has 0 spiro atoms. The number of rotatable bonds is 4. The van der Waals surface area contributed by atoms with Crippen molar-refractivity contribution < 1.29 is 19.4 Å². The molecule has 1 atom stereocenters. The first-order valence-electron chi connectivity index (χ1n) is 6.11. The Kier molecular flexibility index (Phi) is 5.18. The predicted octanol–water partition coefficient (Wildman–Crippen LogP) is 2.25. The Labute approximate surface area is 113 Å². The highest BCUT2D eigenvalue weighted by Crippen LogP contribution is 2.24. The molecule has 1 unspecified atom stereocenters. The summed E-state index contributed by atoms with van der Waals surface area (Å²) in [6.07, 6.45) is -1.40. The van der Waals surface area contributed by atoms with Crippen molar-refractivity contribution in [1.82, 2.24) is 5.32 Å². The smallest absolute Gasteiger partial charge is 0.407 e. The van der Waals surface area contributed by atoms with Crippen LogP contribution < -0.4 is 10.1 Å². The Balaban J connectivity index is 2.56. The molecule has 0 radical (unpaired) electrons. The van der Waals surface area contributed by atoms with Gasteiger partial charge >= 0.3 is 6.09 Å². The van der Waals surface area contributed by atoms with Crippen LogP contribution in [0.5, 0.6) is 5.75 Å². The van der Waals surface area contributed by atoms with Gasteiger partial charge in [0, 0.05) is 5.56 Å². The third kappa shape index (κ3) is 5.18. The number of carbonyl (C=O) groups excluding carboxylic acids is 1. The second kappa shape index (κ2) is 6.43. The van der Waals surface area contributed by atoms with Gasteiger partial charge in [0.2, 0.25) is 0 Å². The summed E-state index contributed by atoms with van der Waals surface area (Å²) in [6, 6.07) is 7.12. The van der Waals surface area contributed by atoms with Crippen LogP contribution in [-0.2, 0) is 4.74 Å². The fraction of sp³-hybridized carbons (Fsp3) is 0.500. The Bertz CT molecular complexity index is 426. The minimum Gasteiger partial charge on any atom is -0.496 e. The summed E-state index contributed by atoms with van der Waals surface area (Å²) in [6.45, 7) is 5.41. The second-order valence-electron chi connectivity index (χ2n) is 5.14. The van der Waals surface area contributed by atoms with Gasteiger partial charge in [0.25, 0.3) is 0 Å². The number of aliphatic hydroxyl groups excluding tert-OH is 1. The molecule has 0 aliphatic rings. The van der Waals surface area contributed by atoms with Gasteiger partial charge in [0.05, 0.1) is 19.8 Å². The van der Waals surface area contributed by atoms with Crippen molar-refractivity contribution in [3.8, 4) is 5.75 Å². The molecule has 0 bridgehead atoms.